The molecule has 0 fully saturated rings. The first kappa shape index (κ1) is 32.9. The van der Waals surface area contributed by atoms with Gasteiger partial charge in [0.1, 0.15) is 6.10 Å². The summed E-state index contributed by atoms with van der Waals surface area (Å²) in [6.45, 7) is 5.73. The maximum Gasteiger partial charge on any atom is 0.407 e. The van der Waals surface area contributed by atoms with E-state index in [0.717, 1.165) is 37.0 Å². The molecule has 1 N–H and O–H groups in total. The minimum atomic E-state index is -0.384. The Kier molecular flexibility index (Phi) is 18.9. The number of nitrogens with one attached hydrogen (secondary N) is 1. The molecule has 1 atom stereocenters. The molecule has 0 saturated heterocycles. The molecule has 0 saturated carbocycles. The first-order valence-corrected chi connectivity index (χ1v) is 13.8. The van der Waals surface area contributed by atoms with Crippen molar-refractivity contribution in [1.29, 1.82) is 0 Å². The number of hydrogen-bond acceptors (Lipinski definition) is 10. The summed E-state index contributed by atoms with van der Waals surface area (Å²) in [5.41, 5.74) is 0. The van der Waals surface area contributed by atoms with Gasteiger partial charge in [-0.3, -0.25) is 14.5 Å². The van der Waals surface area contributed by atoms with E-state index in [2.05, 4.69) is 17.5 Å². The fourth-order valence-electron chi connectivity index (χ4n) is 3.67. The zero-order chi connectivity index (χ0) is 27.8. The second kappa shape index (κ2) is 22.5. The van der Waals surface area contributed by atoms with Crippen LogP contribution in [0.1, 0.15) is 32.1 Å². The van der Waals surface area contributed by atoms with Gasteiger partial charge in [-0.25, -0.2) is 4.79 Å². The van der Waals surface area contributed by atoms with Crippen LogP contribution in [0.15, 0.2) is 24.3 Å². The average Bonchev–Trinajstić information content (AvgIpc) is 3.23. The van der Waals surface area contributed by atoms with Gasteiger partial charge in [-0.2, -0.15) is 0 Å². The molecule has 39 heavy (non-hydrogen) atoms. The Morgan fingerprint density at radius 2 is 1.18 bits per heavy atom. The van der Waals surface area contributed by atoms with Crippen LogP contribution in [0.25, 0.3) is 0 Å². The van der Waals surface area contributed by atoms with Crippen molar-refractivity contribution >= 4 is 17.9 Å². The average molecular weight is 557 g/mol. The number of hydrogen-bond donors (Lipinski definition) is 1. The fraction of sp³-hybridized carbons (Fsp3) is 0.741. The topological polar surface area (TPSA) is 131 Å². The Labute approximate surface area is 230 Å². The number of carbonyl (C=O) groups excluding carboxylic acids is 3. The van der Waals surface area contributed by atoms with Gasteiger partial charge in [0.15, 0.2) is 0 Å². The lowest BCUT2D eigenvalue weighted by atomic mass is 10.0. The summed E-state index contributed by atoms with van der Waals surface area (Å²) in [4.78, 5) is 35.8. The van der Waals surface area contributed by atoms with Crippen molar-refractivity contribution in [2.24, 2.45) is 0 Å². The van der Waals surface area contributed by atoms with E-state index in [1.807, 2.05) is 0 Å². The number of imide groups is 1. The SMILES string of the molecule is O=C(NCCOCCOCCOCCOCCOCCOCCN1C(=O)C=CC1=O)OC1CC/C=C\CCC1. The number of allylic oxidation sites excluding steroid dienone is 2. The van der Waals surface area contributed by atoms with Crippen LogP contribution in [-0.4, -0.2) is 121 Å². The molecule has 0 radical (unpaired) electrons. The van der Waals surface area contributed by atoms with Crippen molar-refractivity contribution in [3.05, 3.63) is 24.3 Å². The van der Waals surface area contributed by atoms with Gasteiger partial charge < -0.3 is 38.5 Å². The standard InChI is InChI=1S/C27H44N2O10/c30-25-8-9-26(31)29(25)11-13-34-15-17-36-19-21-38-23-22-37-20-18-35-16-14-33-12-10-28-27(32)39-24-6-4-2-1-3-5-7-24/h1-2,8-9,24H,3-7,10-23H2,(H,28,32)/b2-1-. The summed E-state index contributed by atoms with van der Waals surface area (Å²) < 4.78 is 38.0. The lowest BCUT2D eigenvalue weighted by Crippen LogP contribution is -2.33. The summed E-state index contributed by atoms with van der Waals surface area (Å²) >= 11 is 0. The van der Waals surface area contributed by atoms with Gasteiger partial charge in [0.25, 0.3) is 11.8 Å². The third kappa shape index (κ3) is 17.1. The molecule has 2 aliphatic rings. The molecule has 12 heteroatoms. The highest BCUT2D eigenvalue weighted by Crippen LogP contribution is 2.15. The van der Waals surface area contributed by atoms with Crippen LogP contribution in [0, 0.1) is 0 Å². The first-order chi connectivity index (χ1) is 19.2. The Bertz CT molecular complexity index is 728. The van der Waals surface area contributed by atoms with Crippen molar-refractivity contribution in [1.82, 2.24) is 10.2 Å². The fourth-order valence-corrected chi connectivity index (χ4v) is 3.67. The summed E-state index contributed by atoms with van der Waals surface area (Å²) in [6.07, 6.45) is 11.3. The third-order valence-electron chi connectivity index (χ3n) is 5.73. The van der Waals surface area contributed by atoms with E-state index >= 15 is 0 Å². The van der Waals surface area contributed by atoms with Gasteiger partial charge in [0.2, 0.25) is 0 Å². The summed E-state index contributed by atoms with van der Waals surface area (Å²) in [5.74, 6) is -0.615. The molecule has 2 rings (SSSR count). The zero-order valence-corrected chi connectivity index (χ0v) is 22.9. The maximum absolute atomic E-state index is 11.9. The highest BCUT2D eigenvalue weighted by molar-refractivity contribution is 6.12. The van der Waals surface area contributed by atoms with Crippen LogP contribution >= 0.6 is 0 Å². The van der Waals surface area contributed by atoms with Gasteiger partial charge in [0, 0.05) is 18.7 Å². The molecule has 1 aliphatic carbocycles. The predicted molar refractivity (Wildman–Crippen MR) is 141 cm³/mol. The molecular weight excluding hydrogens is 512 g/mol. The number of carbonyl (C=O) groups is 3. The minimum absolute atomic E-state index is 0.0112. The summed E-state index contributed by atoms with van der Waals surface area (Å²) in [6, 6.07) is 0. The zero-order valence-electron chi connectivity index (χ0n) is 22.9. The Balaban J connectivity index is 1.22. The molecular formula is C27H44N2O10. The largest absolute Gasteiger partial charge is 0.446 e. The normalized spacial score (nSPS) is 18.3. The van der Waals surface area contributed by atoms with Crippen LogP contribution in [0.3, 0.4) is 0 Å². The Morgan fingerprint density at radius 1 is 0.692 bits per heavy atom. The molecule has 222 valence electrons. The Hall–Kier alpha value is -2.35. The van der Waals surface area contributed by atoms with Crippen molar-refractivity contribution in [2.75, 3.05) is 92.4 Å². The molecule has 0 bridgehead atoms. The molecule has 1 unspecified atom stereocenters. The van der Waals surface area contributed by atoms with E-state index in [1.54, 1.807) is 0 Å². The van der Waals surface area contributed by atoms with E-state index in [0.29, 0.717) is 79.2 Å². The van der Waals surface area contributed by atoms with Gasteiger partial charge in [-0.1, -0.05) is 12.2 Å². The molecule has 12 nitrogen and oxygen atoms in total. The second-order valence-electron chi connectivity index (χ2n) is 8.77. The molecule has 0 aromatic heterocycles. The molecule has 1 aliphatic heterocycles. The van der Waals surface area contributed by atoms with Crippen LogP contribution in [-0.2, 0) is 42.7 Å². The van der Waals surface area contributed by atoms with Crippen LogP contribution in [0.4, 0.5) is 4.79 Å². The first-order valence-electron chi connectivity index (χ1n) is 13.8. The van der Waals surface area contributed by atoms with E-state index in [1.165, 1.54) is 12.2 Å². The van der Waals surface area contributed by atoms with E-state index in [4.69, 9.17) is 33.2 Å². The molecule has 3 amide bonds. The number of rotatable bonds is 22. The van der Waals surface area contributed by atoms with E-state index < -0.39 is 0 Å². The van der Waals surface area contributed by atoms with Crippen LogP contribution < -0.4 is 5.32 Å². The highest BCUT2D eigenvalue weighted by Gasteiger charge is 2.22. The second-order valence-corrected chi connectivity index (χ2v) is 8.77. The van der Waals surface area contributed by atoms with Crippen LogP contribution in [0.2, 0.25) is 0 Å². The van der Waals surface area contributed by atoms with Crippen molar-refractivity contribution in [3.63, 3.8) is 0 Å². The molecule has 0 spiro atoms. The predicted octanol–water partition coefficient (Wildman–Crippen LogP) is 1.63. The summed E-state index contributed by atoms with van der Waals surface area (Å²) in [5, 5.41) is 2.72. The molecule has 0 aromatic rings. The quantitative estimate of drug-likeness (QED) is 0.119. The van der Waals surface area contributed by atoms with Gasteiger partial charge in [-0.05, 0) is 32.1 Å². The van der Waals surface area contributed by atoms with E-state index in [9.17, 15) is 14.4 Å². The van der Waals surface area contributed by atoms with Crippen molar-refractivity contribution < 1.29 is 47.5 Å². The molecule has 1 heterocycles. The lowest BCUT2D eigenvalue weighted by molar-refractivity contribution is -0.137. The third-order valence-corrected chi connectivity index (χ3v) is 5.73. The maximum atomic E-state index is 11.9. The monoisotopic (exact) mass is 556 g/mol. The number of ether oxygens (including phenoxy) is 7. The minimum Gasteiger partial charge on any atom is -0.446 e. The lowest BCUT2D eigenvalue weighted by Gasteiger charge is -2.18. The van der Waals surface area contributed by atoms with Crippen LogP contribution in [0.5, 0.6) is 0 Å². The number of amides is 3. The van der Waals surface area contributed by atoms with Gasteiger partial charge >= 0.3 is 6.09 Å². The summed E-state index contributed by atoms with van der Waals surface area (Å²) in [7, 11) is 0. The number of nitrogens with zero attached hydrogens (tertiary/aromatic N) is 1. The van der Waals surface area contributed by atoms with Crippen molar-refractivity contribution in [3.8, 4) is 0 Å². The van der Waals surface area contributed by atoms with Crippen molar-refractivity contribution in [2.45, 2.75) is 38.2 Å². The smallest absolute Gasteiger partial charge is 0.407 e. The van der Waals surface area contributed by atoms with Gasteiger partial charge in [0.05, 0.1) is 85.8 Å². The van der Waals surface area contributed by atoms with Gasteiger partial charge in [-0.15, -0.1) is 0 Å². The molecule has 0 aromatic carbocycles. The highest BCUT2D eigenvalue weighted by atomic mass is 16.6. The number of alkyl carbamates (subject to hydrolysis) is 1. The van der Waals surface area contributed by atoms with E-state index in [-0.39, 0.29) is 37.2 Å². The Morgan fingerprint density at radius 3 is 1.74 bits per heavy atom.